The summed E-state index contributed by atoms with van der Waals surface area (Å²) in [7, 11) is 0. The molecular formula is C14H14BrF4NO3. The molecule has 0 spiro atoms. The first-order chi connectivity index (χ1) is 10.7. The summed E-state index contributed by atoms with van der Waals surface area (Å²) < 4.78 is 53.7. The van der Waals surface area contributed by atoms with Gasteiger partial charge in [-0.15, -0.1) is 0 Å². The predicted octanol–water partition coefficient (Wildman–Crippen LogP) is 4.00. The van der Waals surface area contributed by atoms with Crippen molar-refractivity contribution in [3.05, 3.63) is 28.7 Å². The molecule has 1 aromatic carbocycles. The Bertz CT molecular complexity index is 537. The average Bonchev–Trinajstić information content (AvgIpc) is 2.47. The van der Waals surface area contributed by atoms with Crippen LogP contribution in [0.15, 0.2) is 28.7 Å². The summed E-state index contributed by atoms with van der Waals surface area (Å²) in [6.07, 6.45) is -4.18. The van der Waals surface area contributed by atoms with E-state index in [-0.39, 0.29) is 25.2 Å². The Hall–Kier alpha value is -1.64. The monoisotopic (exact) mass is 399 g/mol. The number of benzene rings is 1. The average molecular weight is 400 g/mol. The van der Waals surface area contributed by atoms with Gasteiger partial charge in [0.15, 0.2) is 6.61 Å². The van der Waals surface area contributed by atoms with Crippen LogP contribution in [0.2, 0.25) is 0 Å². The SMILES string of the molecule is O=C(CCCC(=O)OCC(F)(F)C(F)F)Nc1ccc(Br)cc1. The largest absolute Gasteiger partial charge is 0.459 e. The van der Waals surface area contributed by atoms with E-state index in [9.17, 15) is 27.2 Å². The van der Waals surface area contributed by atoms with Crippen LogP contribution in [0.25, 0.3) is 0 Å². The molecule has 0 aromatic heterocycles. The molecule has 0 heterocycles. The zero-order valence-corrected chi connectivity index (χ0v) is 13.4. The van der Waals surface area contributed by atoms with Gasteiger partial charge in [-0.1, -0.05) is 15.9 Å². The second-order valence-electron chi connectivity index (χ2n) is 4.63. The number of rotatable bonds is 8. The lowest BCUT2D eigenvalue weighted by Gasteiger charge is -2.14. The van der Waals surface area contributed by atoms with Crippen LogP contribution in [0, 0.1) is 0 Å². The van der Waals surface area contributed by atoms with Crippen LogP contribution in [0.5, 0.6) is 0 Å². The van der Waals surface area contributed by atoms with Crippen LogP contribution in [0.1, 0.15) is 19.3 Å². The van der Waals surface area contributed by atoms with E-state index in [1.54, 1.807) is 24.3 Å². The van der Waals surface area contributed by atoms with Gasteiger partial charge in [0.25, 0.3) is 0 Å². The first kappa shape index (κ1) is 19.4. The lowest BCUT2D eigenvalue weighted by Crippen LogP contribution is -2.33. The molecular weight excluding hydrogens is 386 g/mol. The van der Waals surface area contributed by atoms with Crippen molar-refractivity contribution in [2.24, 2.45) is 0 Å². The number of ether oxygens (including phenoxy) is 1. The third-order valence-corrected chi connectivity index (χ3v) is 3.19. The van der Waals surface area contributed by atoms with E-state index in [0.717, 1.165) is 4.47 Å². The van der Waals surface area contributed by atoms with Gasteiger partial charge in [-0.3, -0.25) is 9.59 Å². The zero-order valence-electron chi connectivity index (χ0n) is 11.8. The number of anilines is 1. The van der Waals surface area contributed by atoms with Gasteiger partial charge in [-0.05, 0) is 30.7 Å². The predicted molar refractivity (Wildman–Crippen MR) is 78.5 cm³/mol. The number of halogens is 5. The van der Waals surface area contributed by atoms with Crippen LogP contribution in [0.4, 0.5) is 23.2 Å². The molecule has 23 heavy (non-hydrogen) atoms. The molecule has 1 aromatic rings. The maximum atomic E-state index is 12.5. The van der Waals surface area contributed by atoms with E-state index < -0.39 is 24.9 Å². The van der Waals surface area contributed by atoms with Crippen molar-refractivity contribution in [1.82, 2.24) is 0 Å². The molecule has 0 aliphatic carbocycles. The highest BCUT2D eigenvalue weighted by Crippen LogP contribution is 2.23. The van der Waals surface area contributed by atoms with Crippen LogP contribution >= 0.6 is 15.9 Å². The molecule has 0 bridgehead atoms. The minimum atomic E-state index is -4.37. The van der Waals surface area contributed by atoms with Crippen molar-refractivity contribution < 1.29 is 31.9 Å². The molecule has 0 aliphatic heterocycles. The maximum Gasteiger partial charge on any atom is 0.340 e. The topological polar surface area (TPSA) is 55.4 Å². The first-order valence-corrected chi connectivity index (χ1v) is 7.37. The molecule has 0 aliphatic rings. The summed E-state index contributed by atoms with van der Waals surface area (Å²) in [6, 6.07) is 6.80. The van der Waals surface area contributed by atoms with Crippen molar-refractivity contribution >= 4 is 33.5 Å². The van der Waals surface area contributed by atoms with E-state index in [4.69, 9.17) is 0 Å². The standard InChI is InChI=1S/C14H14BrF4NO3/c15-9-4-6-10(7-5-9)20-11(21)2-1-3-12(22)23-8-14(18,19)13(16)17/h4-7,13H,1-3,8H2,(H,20,21). The number of hydrogen-bond donors (Lipinski definition) is 1. The zero-order chi connectivity index (χ0) is 17.5. The molecule has 0 unspecified atom stereocenters. The highest BCUT2D eigenvalue weighted by atomic mass is 79.9. The van der Waals surface area contributed by atoms with Gasteiger partial charge in [0, 0.05) is 23.0 Å². The molecule has 0 atom stereocenters. The van der Waals surface area contributed by atoms with Gasteiger partial charge in [-0.25, -0.2) is 8.78 Å². The fourth-order valence-electron chi connectivity index (χ4n) is 1.46. The molecule has 128 valence electrons. The Morgan fingerprint density at radius 1 is 1.17 bits per heavy atom. The normalized spacial score (nSPS) is 11.4. The Morgan fingerprint density at radius 2 is 1.78 bits per heavy atom. The van der Waals surface area contributed by atoms with Crippen LogP contribution < -0.4 is 5.32 Å². The number of hydrogen-bond acceptors (Lipinski definition) is 3. The van der Waals surface area contributed by atoms with E-state index >= 15 is 0 Å². The second-order valence-corrected chi connectivity index (χ2v) is 5.55. The minimum absolute atomic E-state index is 0.0313. The lowest BCUT2D eigenvalue weighted by atomic mass is 10.2. The Kier molecular flexibility index (Phi) is 7.47. The fraction of sp³-hybridized carbons (Fsp3) is 0.429. The van der Waals surface area contributed by atoms with Crippen LogP contribution in [-0.4, -0.2) is 30.8 Å². The summed E-state index contributed by atoms with van der Waals surface area (Å²) in [6.45, 7) is -1.67. The third-order valence-electron chi connectivity index (χ3n) is 2.66. The van der Waals surface area contributed by atoms with Crippen molar-refractivity contribution in [3.8, 4) is 0 Å². The quantitative estimate of drug-likeness (QED) is 0.530. The molecule has 0 saturated carbocycles. The fourth-order valence-corrected chi connectivity index (χ4v) is 1.73. The number of carbonyl (C=O) groups excluding carboxylic acids is 2. The molecule has 4 nitrogen and oxygen atoms in total. The summed E-state index contributed by atoms with van der Waals surface area (Å²) in [5.41, 5.74) is 0.567. The van der Waals surface area contributed by atoms with E-state index in [0.29, 0.717) is 5.69 Å². The van der Waals surface area contributed by atoms with Gasteiger partial charge < -0.3 is 10.1 Å². The van der Waals surface area contributed by atoms with E-state index in [1.807, 2.05) is 0 Å². The van der Waals surface area contributed by atoms with Gasteiger partial charge in [0.2, 0.25) is 5.91 Å². The Morgan fingerprint density at radius 3 is 2.35 bits per heavy atom. The van der Waals surface area contributed by atoms with Crippen molar-refractivity contribution in [3.63, 3.8) is 0 Å². The van der Waals surface area contributed by atoms with Crippen LogP contribution in [0.3, 0.4) is 0 Å². The summed E-state index contributed by atoms with van der Waals surface area (Å²) >= 11 is 3.24. The highest BCUT2D eigenvalue weighted by molar-refractivity contribution is 9.10. The molecule has 0 fully saturated rings. The Labute approximate surface area is 138 Å². The smallest absolute Gasteiger partial charge is 0.340 e. The van der Waals surface area contributed by atoms with Crippen molar-refractivity contribution in [2.45, 2.75) is 31.6 Å². The molecule has 1 rings (SSSR count). The number of nitrogens with one attached hydrogen (secondary N) is 1. The van der Waals surface area contributed by atoms with Crippen LogP contribution in [-0.2, 0) is 14.3 Å². The summed E-state index contributed by atoms with van der Waals surface area (Å²) in [5.74, 6) is -5.78. The highest BCUT2D eigenvalue weighted by Gasteiger charge is 2.42. The van der Waals surface area contributed by atoms with Gasteiger partial charge in [-0.2, -0.15) is 8.78 Å². The van der Waals surface area contributed by atoms with Gasteiger partial charge >= 0.3 is 18.3 Å². The van der Waals surface area contributed by atoms with E-state index in [2.05, 4.69) is 26.0 Å². The second kappa shape index (κ2) is 8.85. The Balaban J connectivity index is 2.24. The van der Waals surface area contributed by atoms with E-state index in [1.165, 1.54) is 0 Å². The number of esters is 1. The third kappa shape index (κ3) is 7.45. The molecule has 1 N–H and O–H groups in total. The van der Waals surface area contributed by atoms with Gasteiger partial charge in [0.1, 0.15) is 0 Å². The lowest BCUT2D eigenvalue weighted by molar-refractivity contribution is -0.179. The maximum absolute atomic E-state index is 12.5. The van der Waals surface area contributed by atoms with Gasteiger partial charge in [0.05, 0.1) is 0 Å². The molecule has 0 saturated heterocycles. The molecule has 0 radical (unpaired) electrons. The first-order valence-electron chi connectivity index (χ1n) is 6.58. The van der Waals surface area contributed by atoms with Crippen molar-refractivity contribution in [1.29, 1.82) is 0 Å². The summed E-state index contributed by atoms with van der Waals surface area (Å²) in [4.78, 5) is 22.7. The number of alkyl halides is 4. The molecule has 9 heteroatoms. The minimum Gasteiger partial charge on any atom is -0.459 e. The number of amides is 1. The molecule has 1 amide bonds. The summed E-state index contributed by atoms with van der Waals surface area (Å²) in [5, 5.41) is 2.58. The van der Waals surface area contributed by atoms with Crippen molar-refractivity contribution in [2.75, 3.05) is 11.9 Å². The number of carbonyl (C=O) groups is 2.